The van der Waals surface area contributed by atoms with Crippen LogP contribution < -0.4 is 11.1 Å². The Morgan fingerprint density at radius 2 is 1.43 bits per heavy atom. The topological polar surface area (TPSA) is 125 Å². The average Bonchev–Trinajstić information content (AvgIpc) is 2.64. The molecule has 0 aliphatic carbocycles. The Morgan fingerprint density at radius 1 is 0.964 bits per heavy atom. The Bertz CT molecular complexity index is 720. The highest BCUT2D eigenvalue weighted by Gasteiger charge is 2.41. The van der Waals surface area contributed by atoms with Crippen LogP contribution in [-0.2, 0) is 29.3 Å². The zero-order chi connectivity index (χ0) is 21.6. The van der Waals surface area contributed by atoms with E-state index in [4.69, 9.17) is 5.73 Å². The van der Waals surface area contributed by atoms with Gasteiger partial charge in [0.15, 0.2) is 5.92 Å². The van der Waals surface area contributed by atoms with Crippen molar-refractivity contribution >= 4 is 23.8 Å². The van der Waals surface area contributed by atoms with Crippen LogP contribution in [0.15, 0.2) is 24.3 Å². The van der Waals surface area contributed by atoms with Gasteiger partial charge in [0.2, 0.25) is 5.91 Å². The molecule has 0 saturated carbocycles. The second-order valence-electron chi connectivity index (χ2n) is 7.56. The molecule has 0 aromatic heterocycles. The number of methoxy groups -OCH3 is 2. The minimum absolute atomic E-state index is 0.0759. The summed E-state index contributed by atoms with van der Waals surface area (Å²) in [5, 5.41) is 2.50. The lowest BCUT2D eigenvalue weighted by atomic mass is 9.86. The summed E-state index contributed by atoms with van der Waals surface area (Å²) >= 11 is 0. The smallest absolute Gasteiger partial charge is 0.320 e. The van der Waals surface area contributed by atoms with Gasteiger partial charge in [-0.3, -0.25) is 19.2 Å². The van der Waals surface area contributed by atoms with Gasteiger partial charge in [-0.05, 0) is 23.1 Å². The van der Waals surface area contributed by atoms with E-state index in [1.54, 1.807) is 12.1 Å². The maximum absolute atomic E-state index is 12.6. The predicted octanol–water partition coefficient (Wildman–Crippen LogP) is 1.17. The third-order valence-electron chi connectivity index (χ3n) is 4.57. The highest BCUT2D eigenvalue weighted by molar-refractivity contribution is 5.99. The van der Waals surface area contributed by atoms with E-state index in [1.165, 1.54) is 6.92 Å². The Kier molecular flexibility index (Phi) is 7.72. The number of rotatable bonds is 7. The molecule has 0 bridgehead atoms. The summed E-state index contributed by atoms with van der Waals surface area (Å²) in [6.45, 7) is 7.59. The maximum atomic E-state index is 12.6. The van der Waals surface area contributed by atoms with Crippen molar-refractivity contribution in [2.45, 2.75) is 39.2 Å². The maximum Gasteiger partial charge on any atom is 0.320 e. The van der Waals surface area contributed by atoms with Crippen LogP contribution in [0.25, 0.3) is 0 Å². The molecule has 2 amide bonds. The fourth-order valence-corrected chi connectivity index (χ4v) is 2.78. The van der Waals surface area contributed by atoms with Gasteiger partial charge in [-0.2, -0.15) is 0 Å². The molecule has 2 atom stereocenters. The number of nitrogens with one attached hydrogen (secondary N) is 1. The summed E-state index contributed by atoms with van der Waals surface area (Å²) in [6.07, 6.45) is 0. The summed E-state index contributed by atoms with van der Waals surface area (Å²) in [6, 6.07) is 5.64. The summed E-state index contributed by atoms with van der Waals surface area (Å²) in [5.41, 5.74) is 6.69. The van der Waals surface area contributed by atoms with E-state index < -0.39 is 41.6 Å². The van der Waals surface area contributed by atoms with E-state index in [0.29, 0.717) is 5.56 Å². The molecule has 0 radical (unpaired) electrons. The molecular formula is C20H28N2O6. The second kappa shape index (κ2) is 9.34. The lowest BCUT2D eigenvalue weighted by Gasteiger charge is -2.26. The van der Waals surface area contributed by atoms with Gasteiger partial charge in [-0.15, -0.1) is 0 Å². The van der Waals surface area contributed by atoms with Crippen LogP contribution in [0, 0.1) is 11.8 Å². The molecule has 8 heteroatoms. The van der Waals surface area contributed by atoms with Crippen molar-refractivity contribution < 1.29 is 28.7 Å². The molecule has 1 rings (SSSR count). The molecule has 3 N–H and O–H groups in total. The van der Waals surface area contributed by atoms with Gasteiger partial charge in [-0.25, -0.2) is 0 Å². The van der Waals surface area contributed by atoms with E-state index in [2.05, 4.69) is 14.8 Å². The van der Waals surface area contributed by atoms with Gasteiger partial charge in [-0.1, -0.05) is 39.8 Å². The monoisotopic (exact) mass is 392 g/mol. The molecule has 0 heterocycles. The van der Waals surface area contributed by atoms with E-state index >= 15 is 0 Å². The molecule has 154 valence electrons. The van der Waals surface area contributed by atoms with Crippen molar-refractivity contribution in [1.82, 2.24) is 5.32 Å². The largest absolute Gasteiger partial charge is 0.468 e. The van der Waals surface area contributed by atoms with Crippen molar-refractivity contribution in [3.05, 3.63) is 35.4 Å². The van der Waals surface area contributed by atoms with Crippen LogP contribution in [-0.4, -0.2) is 44.0 Å². The molecule has 1 aromatic carbocycles. The number of hydrogen-bond donors (Lipinski definition) is 2. The van der Waals surface area contributed by atoms with Crippen molar-refractivity contribution in [2.75, 3.05) is 14.2 Å². The van der Waals surface area contributed by atoms with Crippen molar-refractivity contribution in [3.8, 4) is 0 Å². The molecule has 0 saturated heterocycles. The molecule has 0 aliphatic heterocycles. The molecular weight excluding hydrogens is 364 g/mol. The second-order valence-corrected chi connectivity index (χ2v) is 7.56. The number of esters is 2. The highest BCUT2D eigenvalue weighted by Crippen LogP contribution is 2.23. The Balaban J connectivity index is 3.08. The van der Waals surface area contributed by atoms with Gasteiger partial charge in [0.25, 0.3) is 5.91 Å². The highest BCUT2D eigenvalue weighted by atomic mass is 16.5. The van der Waals surface area contributed by atoms with E-state index in [0.717, 1.165) is 19.8 Å². The first-order valence-corrected chi connectivity index (χ1v) is 8.80. The molecule has 0 aliphatic rings. The van der Waals surface area contributed by atoms with Crippen molar-refractivity contribution in [3.63, 3.8) is 0 Å². The average molecular weight is 392 g/mol. The van der Waals surface area contributed by atoms with Crippen LogP contribution >= 0.6 is 0 Å². The summed E-state index contributed by atoms with van der Waals surface area (Å²) < 4.78 is 9.23. The first-order valence-electron chi connectivity index (χ1n) is 8.80. The molecule has 0 spiro atoms. The first-order chi connectivity index (χ1) is 12.9. The van der Waals surface area contributed by atoms with Gasteiger partial charge in [0.1, 0.15) is 6.04 Å². The predicted molar refractivity (Wildman–Crippen MR) is 102 cm³/mol. The fraction of sp³-hybridized carbons (Fsp3) is 0.500. The quantitative estimate of drug-likeness (QED) is 0.530. The Labute approximate surface area is 164 Å². The van der Waals surface area contributed by atoms with Crippen LogP contribution in [0.1, 0.15) is 43.6 Å². The number of benzene rings is 1. The standard InChI is InChI=1S/C20H28N2O6/c1-11(14(18(25)27-5)19(26)28-6)15(16(21)23)22-17(24)12-7-9-13(10-8-12)20(2,3)4/h7-11,14-15H,1-6H3,(H2,21,23)(H,22,24)/t11-,15-/m0/s1. The number of ether oxygens (including phenoxy) is 2. The molecule has 0 fully saturated rings. The number of amides is 2. The SMILES string of the molecule is COC(=O)C(C(=O)OC)[C@H](C)[C@H](NC(=O)c1ccc(C(C)(C)C)cc1)C(N)=O. The van der Waals surface area contributed by atoms with Crippen LogP contribution in [0.2, 0.25) is 0 Å². The molecule has 8 nitrogen and oxygen atoms in total. The molecule has 28 heavy (non-hydrogen) atoms. The van der Waals surface area contributed by atoms with Crippen LogP contribution in [0.5, 0.6) is 0 Å². The zero-order valence-electron chi connectivity index (χ0n) is 17.1. The Hall–Kier alpha value is -2.90. The lowest BCUT2D eigenvalue weighted by molar-refractivity contribution is -0.161. The van der Waals surface area contributed by atoms with Crippen molar-refractivity contribution in [2.24, 2.45) is 17.6 Å². The number of hydrogen-bond acceptors (Lipinski definition) is 6. The number of carbonyl (C=O) groups is 4. The van der Waals surface area contributed by atoms with Gasteiger partial charge in [0.05, 0.1) is 14.2 Å². The third-order valence-corrected chi connectivity index (χ3v) is 4.57. The fourth-order valence-electron chi connectivity index (χ4n) is 2.78. The number of nitrogens with two attached hydrogens (primary N) is 1. The summed E-state index contributed by atoms with van der Waals surface area (Å²) in [7, 11) is 2.22. The first kappa shape index (κ1) is 23.1. The van der Waals surface area contributed by atoms with E-state index in [1.807, 2.05) is 32.9 Å². The Morgan fingerprint density at radius 3 is 1.79 bits per heavy atom. The van der Waals surface area contributed by atoms with Gasteiger partial charge >= 0.3 is 11.9 Å². The van der Waals surface area contributed by atoms with Gasteiger partial charge < -0.3 is 20.5 Å². The minimum atomic E-state index is -1.41. The van der Waals surface area contributed by atoms with Crippen LogP contribution in [0.3, 0.4) is 0 Å². The normalized spacial score (nSPS) is 13.4. The lowest BCUT2D eigenvalue weighted by Crippen LogP contribution is -2.52. The summed E-state index contributed by atoms with van der Waals surface area (Å²) in [4.78, 5) is 48.5. The van der Waals surface area contributed by atoms with Crippen LogP contribution in [0.4, 0.5) is 0 Å². The number of primary amides is 1. The zero-order valence-corrected chi connectivity index (χ0v) is 17.1. The number of carbonyl (C=O) groups excluding carboxylic acids is 4. The molecule has 1 aromatic rings. The van der Waals surface area contributed by atoms with Crippen molar-refractivity contribution in [1.29, 1.82) is 0 Å². The minimum Gasteiger partial charge on any atom is -0.468 e. The third kappa shape index (κ3) is 5.55. The molecule has 0 unspecified atom stereocenters. The van der Waals surface area contributed by atoms with Gasteiger partial charge in [0, 0.05) is 11.5 Å². The van der Waals surface area contributed by atoms with E-state index in [9.17, 15) is 19.2 Å². The summed E-state index contributed by atoms with van der Waals surface area (Å²) in [5.74, 6) is -5.58. The van der Waals surface area contributed by atoms with E-state index in [-0.39, 0.29) is 5.41 Å².